The van der Waals surface area contributed by atoms with E-state index in [2.05, 4.69) is 17.8 Å². The average molecular weight is 338 g/mol. The topological polar surface area (TPSA) is 197 Å². The minimum absolute atomic E-state index is 1.29. The van der Waals surface area contributed by atoms with Gasteiger partial charge in [-0.05, 0) is 0 Å². The van der Waals surface area contributed by atoms with E-state index in [9.17, 15) is 31.2 Å². The van der Waals surface area contributed by atoms with E-state index in [1.807, 2.05) is 0 Å². The fourth-order valence-electron chi connectivity index (χ4n) is 0.560. The molecule has 0 aliphatic rings. The zero-order valence-electron chi connectivity index (χ0n) is 9.12. The number of hydrogen-bond donors (Lipinski definition) is 2. The summed E-state index contributed by atoms with van der Waals surface area (Å²) in [5.74, 6) is -3.35. The molecule has 2 N–H and O–H groups in total. The second kappa shape index (κ2) is 6.98. The molecule has 116 valence electrons. The Hall–Kier alpha value is -1.97. The molecule has 0 spiro atoms. The van der Waals surface area contributed by atoms with Crippen molar-refractivity contribution in [3.63, 3.8) is 0 Å². The van der Waals surface area contributed by atoms with Crippen molar-refractivity contribution in [1.82, 2.24) is 0 Å². The average Bonchev–Trinajstić information content (AvgIpc) is 2.18. The summed E-state index contributed by atoms with van der Waals surface area (Å²) in [6.07, 6.45) is -1.69. The van der Waals surface area contributed by atoms with Gasteiger partial charge in [0.2, 0.25) is 0 Å². The summed E-state index contributed by atoms with van der Waals surface area (Å²) < 4.78 is 70.7. The van der Waals surface area contributed by atoms with Crippen molar-refractivity contribution in [2.24, 2.45) is 0 Å². The summed E-state index contributed by atoms with van der Waals surface area (Å²) in [4.78, 5) is 31.9. The van der Waals surface area contributed by atoms with Crippen molar-refractivity contribution >= 4 is 38.9 Å². The lowest BCUT2D eigenvalue weighted by Crippen LogP contribution is -2.23. The minimum atomic E-state index is -5.07. The zero-order valence-corrected chi connectivity index (χ0v) is 10.7. The summed E-state index contributed by atoms with van der Waals surface area (Å²) in [6, 6.07) is 0. The van der Waals surface area contributed by atoms with Gasteiger partial charge in [-0.1, -0.05) is 0 Å². The summed E-state index contributed by atoms with van der Waals surface area (Å²) in [6.45, 7) is -2.57. The van der Waals surface area contributed by atoms with Gasteiger partial charge >= 0.3 is 38.9 Å². The lowest BCUT2D eigenvalue weighted by Gasteiger charge is -2.04. The van der Waals surface area contributed by atoms with Gasteiger partial charge in [-0.2, -0.15) is 16.8 Å². The zero-order chi connectivity index (χ0) is 16.0. The molecular formula is C5H6O13S2. The molecule has 0 aliphatic carbocycles. The number of ether oxygens (including phenoxy) is 2. The highest BCUT2D eigenvalue weighted by Gasteiger charge is 2.18. The molecule has 15 heteroatoms. The van der Waals surface area contributed by atoms with Gasteiger partial charge in [-0.15, -0.1) is 0 Å². The van der Waals surface area contributed by atoms with Gasteiger partial charge in [0.15, 0.2) is 13.2 Å². The molecule has 20 heavy (non-hydrogen) atoms. The Bertz CT molecular complexity index is 530. The summed E-state index contributed by atoms with van der Waals surface area (Å²) in [7, 11) is -10.1. The molecular weight excluding hydrogens is 332 g/mol. The van der Waals surface area contributed by atoms with Gasteiger partial charge in [0.25, 0.3) is 0 Å². The van der Waals surface area contributed by atoms with Gasteiger partial charge in [0.1, 0.15) is 0 Å². The largest absolute Gasteiger partial charge is 0.509 e. The maximum absolute atomic E-state index is 10.7. The maximum atomic E-state index is 10.7. The second-order valence-corrected chi connectivity index (χ2v) is 4.64. The smallest absolute Gasteiger partial charge is 0.422 e. The van der Waals surface area contributed by atoms with E-state index in [4.69, 9.17) is 9.11 Å². The van der Waals surface area contributed by atoms with Crippen LogP contribution in [-0.4, -0.2) is 57.2 Å². The molecule has 0 saturated heterocycles. The van der Waals surface area contributed by atoms with Crippen LogP contribution in [0.2, 0.25) is 0 Å². The van der Waals surface area contributed by atoms with Crippen LogP contribution < -0.4 is 0 Å². The molecule has 0 fully saturated rings. The van der Waals surface area contributed by atoms with Crippen LogP contribution in [0.4, 0.5) is 4.79 Å². The molecule has 0 rings (SSSR count). The Labute approximate surface area is 111 Å². The van der Waals surface area contributed by atoms with Crippen molar-refractivity contribution in [3.8, 4) is 0 Å². The molecule has 0 aliphatic heterocycles. The van der Waals surface area contributed by atoms with Crippen LogP contribution in [0.5, 0.6) is 0 Å². The Morgan fingerprint density at radius 1 is 0.750 bits per heavy atom. The molecule has 0 atom stereocenters. The Morgan fingerprint density at radius 2 is 1.05 bits per heavy atom. The summed E-state index contributed by atoms with van der Waals surface area (Å²) in [5.41, 5.74) is 0. The predicted molar refractivity (Wildman–Crippen MR) is 52.6 cm³/mol. The first-order chi connectivity index (χ1) is 8.89. The van der Waals surface area contributed by atoms with E-state index in [0.29, 0.717) is 0 Å². The van der Waals surface area contributed by atoms with Crippen LogP contribution >= 0.6 is 0 Å². The molecule has 0 aromatic heterocycles. The minimum Gasteiger partial charge on any atom is -0.422 e. The van der Waals surface area contributed by atoms with Crippen LogP contribution in [0, 0.1) is 0 Å². The predicted octanol–water partition coefficient (Wildman–Crippen LogP) is -2.17. The van der Waals surface area contributed by atoms with Crippen LogP contribution in [0.15, 0.2) is 0 Å². The molecule has 0 saturated carbocycles. The van der Waals surface area contributed by atoms with Crippen molar-refractivity contribution in [2.75, 3.05) is 13.2 Å². The first kappa shape index (κ1) is 18.0. The first-order valence-electron chi connectivity index (χ1n) is 4.08. The van der Waals surface area contributed by atoms with E-state index >= 15 is 0 Å². The Morgan fingerprint density at radius 3 is 1.30 bits per heavy atom. The fourth-order valence-corrected chi connectivity index (χ4v) is 1.13. The third-order valence-electron chi connectivity index (χ3n) is 1.01. The van der Waals surface area contributed by atoms with Crippen LogP contribution in [0.25, 0.3) is 0 Å². The normalized spacial score (nSPS) is 11.3. The highest BCUT2D eigenvalue weighted by molar-refractivity contribution is 7.81. The van der Waals surface area contributed by atoms with Crippen LogP contribution in [0.3, 0.4) is 0 Å². The highest BCUT2D eigenvalue weighted by atomic mass is 32.3. The molecule has 0 bridgehead atoms. The maximum Gasteiger partial charge on any atom is 0.509 e. The number of hydrogen-bond acceptors (Lipinski definition) is 11. The van der Waals surface area contributed by atoms with E-state index in [1.165, 1.54) is 0 Å². The quantitative estimate of drug-likeness (QED) is 0.392. The van der Waals surface area contributed by atoms with Gasteiger partial charge in [0, 0.05) is 0 Å². The molecule has 0 unspecified atom stereocenters. The monoisotopic (exact) mass is 338 g/mol. The first-order valence-corrected chi connectivity index (χ1v) is 6.81. The number of carbonyl (C=O) groups is 3. The molecule has 0 aromatic rings. The van der Waals surface area contributed by atoms with E-state index in [-0.39, 0.29) is 0 Å². The fraction of sp³-hybridized carbons (Fsp3) is 0.400. The van der Waals surface area contributed by atoms with Gasteiger partial charge < -0.3 is 17.8 Å². The molecule has 0 heterocycles. The number of carbonyl (C=O) groups excluding carboxylic acids is 3. The van der Waals surface area contributed by atoms with Crippen LogP contribution in [0.1, 0.15) is 0 Å². The standard InChI is InChI=1S/C5H6O13S2/c6-3(17-19(9,10)11)1-15-5(8)16-2-4(7)18-20(12,13)14/h1-2H2,(H,9,10,11)(H,12,13,14). The van der Waals surface area contributed by atoms with Gasteiger partial charge in [-0.3, -0.25) is 9.11 Å². The third kappa shape index (κ3) is 11.1. The van der Waals surface area contributed by atoms with E-state index in [0.717, 1.165) is 0 Å². The van der Waals surface area contributed by atoms with Crippen molar-refractivity contribution in [3.05, 3.63) is 0 Å². The lowest BCUT2D eigenvalue weighted by atomic mass is 10.7. The van der Waals surface area contributed by atoms with E-state index < -0.39 is 52.1 Å². The molecule has 0 aromatic carbocycles. The van der Waals surface area contributed by atoms with Crippen molar-refractivity contribution in [2.45, 2.75) is 0 Å². The summed E-state index contributed by atoms with van der Waals surface area (Å²) >= 11 is 0. The third-order valence-corrected chi connectivity index (χ3v) is 1.81. The van der Waals surface area contributed by atoms with Gasteiger partial charge in [-0.25, -0.2) is 14.4 Å². The van der Waals surface area contributed by atoms with Crippen molar-refractivity contribution < 1.29 is 58.2 Å². The van der Waals surface area contributed by atoms with Crippen LogP contribution in [-0.2, 0) is 48.2 Å². The Balaban J connectivity index is 4.02. The SMILES string of the molecule is O=C(COC(=O)OCC(=O)OS(=O)(=O)O)OS(=O)(=O)O. The Kier molecular flexibility index (Phi) is 6.30. The number of rotatable bonds is 6. The molecule has 13 nitrogen and oxygen atoms in total. The second-order valence-electron chi connectivity index (χ2n) is 2.59. The van der Waals surface area contributed by atoms with Gasteiger partial charge in [0.05, 0.1) is 0 Å². The molecule has 0 amide bonds. The molecule has 0 radical (unpaired) electrons. The van der Waals surface area contributed by atoms with E-state index in [1.54, 1.807) is 0 Å². The van der Waals surface area contributed by atoms with Crippen molar-refractivity contribution in [1.29, 1.82) is 0 Å². The summed E-state index contributed by atoms with van der Waals surface area (Å²) in [5, 5.41) is 0. The lowest BCUT2D eigenvalue weighted by molar-refractivity contribution is -0.140. The highest BCUT2D eigenvalue weighted by Crippen LogP contribution is 1.93.